The van der Waals surface area contributed by atoms with Crippen LogP contribution in [0.25, 0.3) is 0 Å². The third-order valence-electron chi connectivity index (χ3n) is 3.61. The van der Waals surface area contributed by atoms with Crippen molar-refractivity contribution in [1.82, 2.24) is 0 Å². The van der Waals surface area contributed by atoms with Crippen LogP contribution in [0.2, 0.25) is 5.82 Å². The van der Waals surface area contributed by atoms with Gasteiger partial charge in [-0.1, -0.05) is 18.2 Å². The number of hydrogen-bond donors (Lipinski definition) is 0. The molecule has 1 aromatic carbocycles. The summed E-state index contributed by atoms with van der Waals surface area (Å²) in [7, 11) is 9.44. The molecule has 1 fully saturated rings. The maximum atomic E-state index is 6.13. The first-order valence-corrected chi connectivity index (χ1v) is 7.27. The minimum Gasteiger partial charge on any atom is -0.451 e. The highest BCUT2D eigenvalue weighted by molar-refractivity contribution is 7.79. The van der Waals surface area contributed by atoms with Gasteiger partial charge in [-0.3, -0.25) is 0 Å². The molecule has 4 atom stereocenters. The standard InChI is InChI=1S/C15H19BO4S/c1-17-9-10-8-12(16)14(13(10)18-2)20-15(21)19-11-6-4-3-5-7-11/h3-7,10,12-14H,8-9H2,1-2H3/t10-,12+,13?,14?/m1/s1. The Balaban J connectivity index is 1.95. The van der Waals surface area contributed by atoms with Crippen LogP contribution in [0.5, 0.6) is 5.75 Å². The van der Waals surface area contributed by atoms with Crippen LogP contribution in [-0.4, -0.2) is 46.1 Å². The largest absolute Gasteiger partial charge is 0.451 e. The molecule has 0 bridgehead atoms. The zero-order valence-electron chi connectivity index (χ0n) is 12.2. The van der Waals surface area contributed by atoms with E-state index < -0.39 is 0 Å². The Labute approximate surface area is 132 Å². The lowest BCUT2D eigenvalue weighted by molar-refractivity contribution is -0.0281. The predicted octanol–water partition coefficient (Wildman–Crippen LogP) is 2.37. The van der Waals surface area contributed by atoms with Crippen LogP contribution in [-0.2, 0) is 14.2 Å². The number of ether oxygens (including phenoxy) is 4. The van der Waals surface area contributed by atoms with Gasteiger partial charge >= 0.3 is 5.24 Å². The van der Waals surface area contributed by atoms with Crippen LogP contribution in [0, 0.1) is 5.92 Å². The number of benzene rings is 1. The molecule has 0 aliphatic heterocycles. The predicted molar refractivity (Wildman–Crippen MR) is 84.8 cm³/mol. The quantitative estimate of drug-likeness (QED) is 0.617. The van der Waals surface area contributed by atoms with Crippen molar-refractivity contribution in [3.8, 4) is 5.75 Å². The first kappa shape index (κ1) is 16.3. The minimum absolute atomic E-state index is 0.0572. The molecule has 2 radical (unpaired) electrons. The summed E-state index contributed by atoms with van der Waals surface area (Å²) in [5.41, 5.74) is 0. The van der Waals surface area contributed by atoms with E-state index in [1.54, 1.807) is 14.2 Å². The summed E-state index contributed by atoms with van der Waals surface area (Å²) >= 11 is 5.14. The van der Waals surface area contributed by atoms with Crippen molar-refractivity contribution in [2.75, 3.05) is 20.8 Å². The average Bonchev–Trinajstić information content (AvgIpc) is 2.76. The SMILES string of the molecule is [B][C@H]1C[C@H](COC)C(OC)C1OC(=S)Oc1ccccc1. The molecular formula is C15H19BO4S. The zero-order valence-corrected chi connectivity index (χ0v) is 13.0. The van der Waals surface area contributed by atoms with Gasteiger partial charge in [0, 0.05) is 32.4 Å². The van der Waals surface area contributed by atoms with Crippen molar-refractivity contribution in [1.29, 1.82) is 0 Å². The summed E-state index contributed by atoms with van der Waals surface area (Å²) in [5.74, 6) is 0.670. The molecule has 2 rings (SSSR count). The molecule has 6 heteroatoms. The Morgan fingerprint density at radius 1 is 1.24 bits per heavy atom. The molecule has 0 saturated heterocycles. The molecule has 1 aromatic rings. The second-order valence-corrected chi connectivity index (χ2v) is 5.40. The number of para-hydroxylation sites is 1. The molecule has 0 spiro atoms. The van der Waals surface area contributed by atoms with Gasteiger partial charge in [0.15, 0.2) is 0 Å². The van der Waals surface area contributed by atoms with Crippen molar-refractivity contribution in [3.05, 3.63) is 30.3 Å². The summed E-state index contributed by atoms with van der Waals surface area (Å²) in [6, 6.07) is 9.26. The van der Waals surface area contributed by atoms with Gasteiger partial charge in [-0.2, -0.15) is 0 Å². The van der Waals surface area contributed by atoms with Crippen LogP contribution >= 0.6 is 12.2 Å². The van der Waals surface area contributed by atoms with Crippen LogP contribution in [0.4, 0.5) is 0 Å². The van der Waals surface area contributed by atoms with E-state index in [0.29, 0.717) is 12.4 Å². The first-order chi connectivity index (χ1) is 10.2. The lowest BCUT2D eigenvalue weighted by Gasteiger charge is -2.25. The highest BCUT2D eigenvalue weighted by Gasteiger charge is 2.43. The van der Waals surface area contributed by atoms with E-state index in [4.69, 9.17) is 39.0 Å². The second-order valence-electron chi connectivity index (χ2n) is 5.06. The maximum Gasteiger partial charge on any atom is 0.358 e. The topological polar surface area (TPSA) is 36.9 Å². The normalized spacial score (nSPS) is 28.3. The number of thiocarbonyl (C=S) groups is 1. The van der Waals surface area contributed by atoms with Crippen LogP contribution in [0.1, 0.15) is 6.42 Å². The molecule has 0 aromatic heterocycles. The van der Waals surface area contributed by atoms with Crippen molar-refractivity contribution >= 4 is 25.3 Å². The lowest BCUT2D eigenvalue weighted by atomic mass is 9.83. The van der Waals surface area contributed by atoms with Crippen LogP contribution < -0.4 is 4.74 Å². The zero-order chi connectivity index (χ0) is 15.2. The van der Waals surface area contributed by atoms with Gasteiger partial charge in [-0.25, -0.2) is 0 Å². The van der Waals surface area contributed by atoms with E-state index in [0.717, 1.165) is 6.42 Å². The lowest BCUT2D eigenvalue weighted by Crippen LogP contribution is -2.35. The monoisotopic (exact) mass is 306 g/mol. The van der Waals surface area contributed by atoms with Gasteiger partial charge in [-0.15, -0.1) is 0 Å². The molecular weight excluding hydrogens is 287 g/mol. The fourth-order valence-corrected chi connectivity index (χ4v) is 2.91. The van der Waals surface area contributed by atoms with Crippen molar-refractivity contribution < 1.29 is 18.9 Å². The van der Waals surface area contributed by atoms with Crippen molar-refractivity contribution in [2.24, 2.45) is 5.92 Å². The van der Waals surface area contributed by atoms with Crippen molar-refractivity contribution in [2.45, 2.75) is 24.4 Å². The van der Waals surface area contributed by atoms with Gasteiger partial charge < -0.3 is 18.9 Å². The summed E-state index contributed by atoms with van der Waals surface area (Å²) < 4.78 is 21.9. The van der Waals surface area contributed by atoms with Gasteiger partial charge in [-0.05, 0) is 24.4 Å². The summed E-state index contributed by atoms with van der Waals surface area (Å²) in [5, 5.41) is 0.0572. The number of methoxy groups -OCH3 is 2. The Hall–Kier alpha value is -1.11. The Kier molecular flexibility index (Phi) is 6.02. The maximum absolute atomic E-state index is 6.13. The summed E-state index contributed by atoms with van der Waals surface area (Å²) in [4.78, 5) is 0. The smallest absolute Gasteiger partial charge is 0.358 e. The highest BCUT2D eigenvalue weighted by atomic mass is 32.1. The number of hydrogen-bond acceptors (Lipinski definition) is 5. The molecule has 1 aliphatic rings. The molecule has 21 heavy (non-hydrogen) atoms. The fourth-order valence-electron chi connectivity index (χ4n) is 2.71. The second kappa shape index (κ2) is 7.78. The third kappa shape index (κ3) is 4.19. The molecule has 4 nitrogen and oxygen atoms in total. The summed E-state index contributed by atoms with van der Waals surface area (Å²) in [6.07, 6.45) is 0.286. The Bertz CT molecular complexity index is 456. The fraction of sp³-hybridized carbons (Fsp3) is 0.533. The molecule has 0 N–H and O–H groups in total. The van der Waals surface area contributed by atoms with E-state index in [2.05, 4.69) is 0 Å². The van der Waals surface area contributed by atoms with E-state index >= 15 is 0 Å². The van der Waals surface area contributed by atoms with E-state index in [-0.39, 0.29) is 29.2 Å². The van der Waals surface area contributed by atoms with Crippen LogP contribution in [0.3, 0.4) is 0 Å². The highest BCUT2D eigenvalue weighted by Crippen LogP contribution is 2.38. The van der Waals surface area contributed by atoms with Crippen molar-refractivity contribution in [3.63, 3.8) is 0 Å². The molecule has 112 valence electrons. The Morgan fingerprint density at radius 2 is 1.95 bits per heavy atom. The molecule has 0 amide bonds. The van der Waals surface area contributed by atoms with E-state index in [9.17, 15) is 0 Å². The van der Waals surface area contributed by atoms with Gasteiger partial charge in [0.05, 0.1) is 20.6 Å². The van der Waals surface area contributed by atoms with Gasteiger partial charge in [0.1, 0.15) is 11.9 Å². The van der Waals surface area contributed by atoms with E-state index in [1.807, 2.05) is 30.3 Å². The molecule has 0 heterocycles. The molecule has 2 unspecified atom stereocenters. The average molecular weight is 306 g/mol. The van der Waals surface area contributed by atoms with Gasteiger partial charge in [0.25, 0.3) is 0 Å². The molecule has 1 saturated carbocycles. The molecule has 1 aliphatic carbocycles. The summed E-state index contributed by atoms with van der Waals surface area (Å²) in [6.45, 7) is 0.582. The van der Waals surface area contributed by atoms with Gasteiger partial charge in [0.2, 0.25) is 0 Å². The third-order valence-corrected chi connectivity index (χ3v) is 3.79. The Morgan fingerprint density at radius 3 is 2.57 bits per heavy atom. The minimum atomic E-state index is -0.327. The number of rotatable bonds is 5. The first-order valence-electron chi connectivity index (χ1n) is 6.86. The van der Waals surface area contributed by atoms with Crippen LogP contribution in [0.15, 0.2) is 30.3 Å². The van der Waals surface area contributed by atoms with E-state index in [1.165, 1.54) is 0 Å².